The Kier molecular flexibility index (Phi) is 7.16. The molecule has 0 saturated carbocycles. The van der Waals surface area contributed by atoms with Gasteiger partial charge >= 0.3 is 5.97 Å². The third kappa shape index (κ3) is 5.89. The Bertz CT molecular complexity index is 1400. The van der Waals surface area contributed by atoms with Crippen LogP contribution >= 0.6 is 0 Å². The van der Waals surface area contributed by atoms with Crippen LogP contribution in [0.4, 0.5) is 15.8 Å². The van der Waals surface area contributed by atoms with Crippen LogP contribution in [0.25, 0.3) is 10.8 Å². The van der Waals surface area contributed by atoms with Crippen molar-refractivity contribution in [2.24, 2.45) is 0 Å². The number of amides is 1. The number of anilines is 2. The third-order valence-corrected chi connectivity index (χ3v) is 5.56. The number of carbonyl (C=O) groups is 2. The minimum atomic E-state index is -0.536. The number of ether oxygens (including phenoxy) is 1. The summed E-state index contributed by atoms with van der Waals surface area (Å²) in [7, 11) is 1.26. The van der Waals surface area contributed by atoms with Crippen molar-refractivity contribution in [1.82, 2.24) is 0 Å². The first-order valence-electron chi connectivity index (χ1n) is 11.0. The predicted molar refractivity (Wildman–Crippen MR) is 136 cm³/mol. The Morgan fingerprint density at radius 3 is 2.40 bits per heavy atom. The Hall–Kier alpha value is -4.52. The zero-order valence-corrected chi connectivity index (χ0v) is 19.1. The van der Waals surface area contributed by atoms with E-state index in [1.54, 1.807) is 18.2 Å². The van der Waals surface area contributed by atoms with Gasteiger partial charge in [-0.2, -0.15) is 0 Å². The van der Waals surface area contributed by atoms with E-state index in [9.17, 15) is 14.0 Å². The molecule has 0 aliphatic carbocycles. The van der Waals surface area contributed by atoms with Crippen LogP contribution in [0.15, 0.2) is 84.9 Å². The molecule has 0 spiro atoms. The van der Waals surface area contributed by atoms with E-state index < -0.39 is 11.8 Å². The molecule has 6 nitrogen and oxygen atoms in total. The zero-order chi connectivity index (χ0) is 24.8. The molecule has 0 fully saturated rings. The molecule has 0 radical (unpaired) electrons. The summed E-state index contributed by atoms with van der Waals surface area (Å²) in [6.45, 7) is 0.362. The first-order chi connectivity index (χ1) is 16.9. The van der Waals surface area contributed by atoms with Crippen LogP contribution in [0.2, 0.25) is 0 Å². The molecule has 0 atom stereocenters. The van der Waals surface area contributed by atoms with Gasteiger partial charge < -0.3 is 20.8 Å². The number of carbonyl (C=O) groups excluding carboxylic acids is 2. The van der Waals surface area contributed by atoms with E-state index in [-0.39, 0.29) is 18.0 Å². The van der Waals surface area contributed by atoms with E-state index in [1.807, 2.05) is 48.5 Å². The summed E-state index contributed by atoms with van der Waals surface area (Å²) in [5, 5.41) is 16.3. The van der Waals surface area contributed by atoms with Crippen molar-refractivity contribution >= 4 is 39.7 Å². The molecule has 35 heavy (non-hydrogen) atoms. The molecule has 0 aliphatic heterocycles. The zero-order valence-electron chi connectivity index (χ0n) is 19.1. The predicted octanol–water partition coefficient (Wildman–Crippen LogP) is 5.77. The smallest absolute Gasteiger partial charge is 0.311 e. The molecular weight excluding hydrogens is 445 g/mol. The van der Waals surface area contributed by atoms with Gasteiger partial charge in [0.05, 0.1) is 19.2 Å². The second kappa shape index (κ2) is 10.6. The monoisotopic (exact) mass is 469 g/mol. The Morgan fingerprint density at radius 2 is 1.66 bits per heavy atom. The maximum atomic E-state index is 13.8. The fourth-order valence-corrected chi connectivity index (χ4v) is 3.67. The maximum Gasteiger partial charge on any atom is 0.311 e. The van der Waals surface area contributed by atoms with Gasteiger partial charge in [-0.3, -0.25) is 9.59 Å². The molecule has 7 heteroatoms. The van der Waals surface area contributed by atoms with Crippen molar-refractivity contribution in [1.29, 1.82) is 5.41 Å². The maximum absolute atomic E-state index is 13.8. The summed E-state index contributed by atoms with van der Waals surface area (Å²) in [5.74, 6) is -1.18. The van der Waals surface area contributed by atoms with Crippen molar-refractivity contribution in [3.05, 3.63) is 107 Å². The van der Waals surface area contributed by atoms with Crippen molar-refractivity contribution in [3.8, 4) is 0 Å². The topological polar surface area (TPSA) is 91.3 Å². The quantitative estimate of drug-likeness (QED) is 0.226. The van der Waals surface area contributed by atoms with E-state index in [0.29, 0.717) is 29.0 Å². The molecule has 4 aromatic rings. The fourth-order valence-electron chi connectivity index (χ4n) is 3.67. The van der Waals surface area contributed by atoms with Crippen molar-refractivity contribution in [3.63, 3.8) is 0 Å². The van der Waals surface area contributed by atoms with Crippen LogP contribution in [0, 0.1) is 11.2 Å². The first-order valence-corrected chi connectivity index (χ1v) is 11.0. The van der Waals surface area contributed by atoms with Gasteiger partial charge in [-0.05, 0) is 58.8 Å². The molecule has 1 amide bonds. The van der Waals surface area contributed by atoms with Gasteiger partial charge in [-0.15, -0.1) is 0 Å². The number of nitrogens with one attached hydrogen (secondary N) is 3. The number of halogens is 1. The third-order valence-electron chi connectivity index (χ3n) is 5.56. The molecule has 0 heterocycles. The van der Waals surface area contributed by atoms with Gasteiger partial charge in [0.2, 0.25) is 0 Å². The molecule has 0 aliphatic rings. The van der Waals surface area contributed by atoms with Gasteiger partial charge in [-0.1, -0.05) is 42.5 Å². The van der Waals surface area contributed by atoms with E-state index >= 15 is 0 Å². The molecule has 0 aromatic heterocycles. The van der Waals surface area contributed by atoms with Gasteiger partial charge in [0.25, 0.3) is 5.91 Å². The van der Waals surface area contributed by atoms with Gasteiger partial charge in [0, 0.05) is 29.0 Å². The number of methoxy groups -OCH3 is 1. The Labute approximate surface area is 202 Å². The summed E-state index contributed by atoms with van der Waals surface area (Å²) in [6.07, 6.45) is -0.206. The van der Waals surface area contributed by atoms with E-state index in [1.165, 1.54) is 25.3 Å². The van der Waals surface area contributed by atoms with Crippen LogP contribution in [-0.2, 0) is 16.1 Å². The molecule has 4 rings (SSSR count). The molecule has 176 valence electrons. The van der Waals surface area contributed by atoms with Crippen LogP contribution < -0.4 is 10.6 Å². The lowest BCUT2D eigenvalue weighted by Gasteiger charge is -2.13. The highest BCUT2D eigenvalue weighted by Crippen LogP contribution is 2.21. The standard InChI is InChI=1S/C28H24FN3O3/c1-35-27(33)16-25(30)24-13-10-22(29)15-26(24)31-17-18-6-11-23(12-7-18)32-28(34)21-9-8-19-4-2-3-5-20(19)14-21/h2-15,30-31H,16-17H2,1H3,(H,32,34). The van der Waals surface area contributed by atoms with E-state index in [4.69, 9.17) is 5.41 Å². The van der Waals surface area contributed by atoms with Gasteiger partial charge in [0.15, 0.2) is 0 Å². The molecule has 4 aromatic carbocycles. The summed E-state index contributed by atoms with van der Waals surface area (Å²) < 4.78 is 18.4. The summed E-state index contributed by atoms with van der Waals surface area (Å²) in [5.41, 5.74) is 2.99. The van der Waals surface area contributed by atoms with Crippen molar-refractivity contribution in [2.75, 3.05) is 17.7 Å². The highest BCUT2D eigenvalue weighted by Gasteiger charge is 2.13. The van der Waals surface area contributed by atoms with Crippen LogP contribution in [0.1, 0.15) is 27.9 Å². The molecule has 0 saturated heterocycles. The van der Waals surface area contributed by atoms with Crippen molar-refractivity contribution < 1.29 is 18.7 Å². The second-order valence-electron chi connectivity index (χ2n) is 7.99. The fraction of sp³-hybridized carbons (Fsp3) is 0.107. The Balaban J connectivity index is 1.40. The largest absolute Gasteiger partial charge is 0.469 e. The van der Waals surface area contributed by atoms with Crippen LogP contribution in [0.5, 0.6) is 0 Å². The molecule has 0 unspecified atom stereocenters. The van der Waals surface area contributed by atoms with E-state index in [0.717, 1.165) is 16.3 Å². The van der Waals surface area contributed by atoms with Crippen LogP contribution in [-0.4, -0.2) is 24.7 Å². The molecule has 0 bridgehead atoms. The molecular formula is C28H24FN3O3. The highest BCUT2D eigenvalue weighted by atomic mass is 19.1. The summed E-state index contributed by atoms with van der Waals surface area (Å²) in [6, 6.07) is 24.7. The SMILES string of the molecule is COC(=O)CC(=N)c1ccc(F)cc1NCc1ccc(NC(=O)c2ccc3ccccc3c2)cc1. The van der Waals surface area contributed by atoms with Crippen LogP contribution in [0.3, 0.4) is 0 Å². The van der Waals surface area contributed by atoms with Crippen molar-refractivity contribution in [2.45, 2.75) is 13.0 Å². The average Bonchev–Trinajstić information content (AvgIpc) is 2.87. The Morgan fingerprint density at radius 1 is 0.914 bits per heavy atom. The number of hydrogen-bond acceptors (Lipinski definition) is 5. The van der Waals surface area contributed by atoms with E-state index in [2.05, 4.69) is 15.4 Å². The highest BCUT2D eigenvalue weighted by molar-refractivity contribution is 6.10. The summed E-state index contributed by atoms with van der Waals surface area (Å²) >= 11 is 0. The number of esters is 1. The first kappa shape index (κ1) is 23.6. The number of benzene rings is 4. The lowest BCUT2D eigenvalue weighted by Crippen LogP contribution is -2.13. The normalized spacial score (nSPS) is 10.6. The number of hydrogen-bond donors (Lipinski definition) is 3. The average molecular weight is 470 g/mol. The van der Waals surface area contributed by atoms with Gasteiger partial charge in [-0.25, -0.2) is 4.39 Å². The minimum absolute atomic E-state index is 0.0334. The lowest BCUT2D eigenvalue weighted by molar-refractivity contribution is -0.139. The minimum Gasteiger partial charge on any atom is -0.469 e. The summed E-state index contributed by atoms with van der Waals surface area (Å²) in [4.78, 5) is 24.2. The second-order valence-corrected chi connectivity index (χ2v) is 7.99. The molecule has 3 N–H and O–H groups in total. The van der Waals surface area contributed by atoms with Gasteiger partial charge in [0.1, 0.15) is 5.82 Å². The number of fused-ring (bicyclic) bond motifs is 1. The number of rotatable bonds is 8. The lowest BCUT2D eigenvalue weighted by atomic mass is 10.0.